The van der Waals surface area contributed by atoms with Crippen LogP contribution in [0, 0.1) is 18.8 Å². The van der Waals surface area contributed by atoms with Gasteiger partial charge in [-0.1, -0.05) is 40.0 Å². The van der Waals surface area contributed by atoms with E-state index in [0.717, 1.165) is 21.2 Å². The number of benzene rings is 2. The first kappa shape index (κ1) is 22.1. The number of carboxylic acids is 1. The molecule has 0 spiro atoms. The van der Waals surface area contributed by atoms with E-state index in [9.17, 15) is 4.79 Å². The number of hydrogen-bond acceptors (Lipinski definition) is 4. The van der Waals surface area contributed by atoms with E-state index < -0.39 is 5.97 Å². The van der Waals surface area contributed by atoms with Crippen LogP contribution in [0.15, 0.2) is 77.4 Å². The van der Waals surface area contributed by atoms with E-state index in [2.05, 4.69) is 32.8 Å². The van der Waals surface area contributed by atoms with Crippen LogP contribution < -0.4 is 9.47 Å². The summed E-state index contributed by atoms with van der Waals surface area (Å²) < 4.78 is 12.1. The van der Waals surface area contributed by atoms with Gasteiger partial charge in [0.25, 0.3) is 0 Å². The van der Waals surface area contributed by atoms with Crippen LogP contribution >= 0.6 is 15.9 Å². The van der Waals surface area contributed by atoms with Crippen LogP contribution in [-0.2, 0) is 4.79 Å². The van der Waals surface area contributed by atoms with Gasteiger partial charge < -0.3 is 14.6 Å². The molecule has 0 saturated carbocycles. The molecule has 1 heterocycles. The number of nitrogens with zero attached hydrogens (tertiary/aromatic N) is 1. The molecular weight excluding hydrogens is 458 g/mol. The lowest BCUT2D eigenvalue weighted by Gasteiger charge is -2.10. The second-order valence-corrected chi connectivity index (χ2v) is 7.43. The number of hydrogen-bond donors (Lipinski definition) is 1. The van der Waals surface area contributed by atoms with Gasteiger partial charge in [0.1, 0.15) is 23.8 Å². The van der Waals surface area contributed by atoms with E-state index in [1.165, 1.54) is 0 Å². The molecule has 0 amide bonds. The summed E-state index contributed by atoms with van der Waals surface area (Å²) in [6.45, 7) is 1.78. The summed E-state index contributed by atoms with van der Waals surface area (Å²) in [6.07, 6.45) is 3.63. The van der Waals surface area contributed by atoms with Crippen LogP contribution in [0.5, 0.6) is 11.5 Å². The number of halogens is 1. The van der Waals surface area contributed by atoms with Gasteiger partial charge in [0.15, 0.2) is 6.61 Å². The number of carboxylic acid groups (broad SMARTS) is 1. The molecule has 31 heavy (non-hydrogen) atoms. The average Bonchev–Trinajstić information content (AvgIpc) is 2.77. The Morgan fingerprint density at radius 2 is 1.94 bits per heavy atom. The van der Waals surface area contributed by atoms with E-state index >= 15 is 0 Å². The first-order valence-electron chi connectivity index (χ1n) is 9.48. The molecule has 0 radical (unpaired) electrons. The minimum atomic E-state index is -1.02. The number of ether oxygens (including phenoxy) is 2. The molecule has 0 fully saturated rings. The predicted octanol–water partition coefficient (Wildman–Crippen LogP) is 5.13. The number of aliphatic carboxylic acids is 1. The van der Waals surface area contributed by atoms with E-state index in [1.807, 2.05) is 61.5 Å². The topological polar surface area (TPSA) is 68.7 Å². The zero-order valence-corrected chi connectivity index (χ0v) is 18.4. The van der Waals surface area contributed by atoms with Crippen molar-refractivity contribution in [3.8, 4) is 23.3 Å². The number of rotatable bonds is 7. The summed E-state index contributed by atoms with van der Waals surface area (Å²) in [6, 6.07) is 18.8. The average molecular weight is 478 g/mol. The third kappa shape index (κ3) is 7.02. The highest BCUT2D eigenvalue weighted by Crippen LogP contribution is 2.24. The standard InChI is InChI=1S/C25H20BrNO4/c1-18-16-23(11-12-24(18)31-17-25(28)29)30-15-13-20(19-5-8-21(26)9-6-19)7-10-22-4-2-3-14-27-22/h2-6,8-9,11-14,16H,15,17H2,1H3,(H,28,29). The van der Waals surface area contributed by atoms with Crippen LogP contribution in [0.25, 0.3) is 5.57 Å². The maximum absolute atomic E-state index is 10.7. The molecular formula is C25H20BrNO4. The molecule has 1 aromatic heterocycles. The Balaban J connectivity index is 1.75. The molecule has 0 atom stereocenters. The van der Waals surface area contributed by atoms with E-state index in [-0.39, 0.29) is 6.61 Å². The van der Waals surface area contributed by atoms with Crippen LogP contribution in [0.2, 0.25) is 0 Å². The highest BCUT2D eigenvalue weighted by molar-refractivity contribution is 9.10. The Bertz CT molecular complexity index is 1130. The van der Waals surface area contributed by atoms with Crippen molar-refractivity contribution in [1.29, 1.82) is 0 Å². The predicted molar refractivity (Wildman–Crippen MR) is 123 cm³/mol. The molecule has 3 rings (SSSR count). The Kier molecular flexibility index (Phi) is 7.85. The smallest absolute Gasteiger partial charge is 0.341 e. The fourth-order valence-electron chi connectivity index (χ4n) is 2.67. The molecule has 6 heteroatoms. The number of pyridine rings is 1. The molecule has 0 aliphatic carbocycles. The Morgan fingerprint density at radius 3 is 2.61 bits per heavy atom. The molecule has 0 saturated heterocycles. The van der Waals surface area contributed by atoms with E-state index in [1.54, 1.807) is 18.3 Å². The molecule has 3 aromatic rings. The number of aryl methyl sites for hydroxylation is 1. The summed E-state index contributed by atoms with van der Waals surface area (Å²) in [5.74, 6) is 6.42. The van der Waals surface area contributed by atoms with Gasteiger partial charge in [0.05, 0.1) is 0 Å². The van der Waals surface area contributed by atoms with Crippen molar-refractivity contribution in [2.24, 2.45) is 0 Å². The fraction of sp³-hybridized carbons (Fsp3) is 0.120. The van der Waals surface area contributed by atoms with Gasteiger partial charge in [-0.15, -0.1) is 0 Å². The molecule has 0 aliphatic heterocycles. The summed E-state index contributed by atoms with van der Waals surface area (Å²) in [7, 11) is 0. The third-order valence-corrected chi connectivity index (χ3v) is 4.71. The lowest BCUT2D eigenvalue weighted by molar-refractivity contribution is -0.139. The monoisotopic (exact) mass is 477 g/mol. The third-order valence-electron chi connectivity index (χ3n) is 4.18. The Labute approximate surface area is 189 Å². The van der Waals surface area contributed by atoms with Crippen LogP contribution in [0.4, 0.5) is 0 Å². The van der Waals surface area contributed by atoms with Crippen molar-refractivity contribution in [2.75, 3.05) is 13.2 Å². The largest absolute Gasteiger partial charge is 0.489 e. The van der Waals surface area contributed by atoms with Gasteiger partial charge in [-0.2, -0.15) is 0 Å². The lowest BCUT2D eigenvalue weighted by atomic mass is 10.1. The van der Waals surface area contributed by atoms with Gasteiger partial charge in [-0.3, -0.25) is 0 Å². The first-order chi connectivity index (χ1) is 15.0. The SMILES string of the molecule is Cc1cc(OCC=C(C#Cc2ccccn2)c2ccc(Br)cc2)ccc1OCC(=O)O. The van der Waals surface area contributed by atoms with Gasteiger partial charge >= 0.3 is 5.97 Å². The summed E-state index contributed by atoms with van der Waals surface area (Å²) >= 11 is 3.45. The number of allylic oxidation sites excluding steroid dienone is 1. The van der Waals surface area contributed by atoms with Crippen LogP contribution in [-0.4, -0.2) is 29.3 Å². The molecule has 0 aliphatic rings. The molecule has 2 aromatic carbocycles. The van der Waals surface area contributed by atoms with Gasteiger partial charge in [-0.25, -0.2) is 9.78 Å². The van der Waals surface area contributed by atoms with Crippen molar-refractivity contribution in [3.05, 3.63) is 94.2 Å². The van der Waals surface area contributed by atoms with Gasteiger partial charge in [0, 0.05) is 16.2 Å². The highest BCUT2D eigenvalue weighted by atomic mass is 79.9. The zero-order valence-electron chi connectivity index (χ0n) is 16.8. The van der Waals surface area contributed by atoms with Crippen LogP contribution in [0.3, 0.4) is 0 Å². The normalized spacial score (nSPS) is 10.7. The van der Waals surface area contributed by atoms with Crippen molar-refractivity contribution < 1.29 is 19.4 Å². The number of aromatic nitrogens is 1. The first-order valence-corrected chi connectivity index (χ1v) is 10.3. The minimum Gasteiger partial charge on any atom is -0.489 e. The fourth-order valence-corrected chi connectivity index (χ4v) is 2.94. The minimum absolute atomic E-state index is 0.317. The maximum atomic E-state index is 10.7. The van der Waals surface area contributed by atoms with Crippen molar-refractivity contribution >= 4 is 27.5 Å². The second-order valence-electron chi connectivity index (χ2n) is 6.51. The molecule has 5 nitrogen and oxygen atoms in total. The van der Waals surface area contributed by atoms with E-state index in [4.69, 9.17) is 14.6 Å². The quantitative estimate of drug-likeness (QED) is 0.477. The Hall–Kier alpha value is -3.56. The molecule has 0 bridgehead atoms. The maximum Gasteiger partial charge on any atom is 0.341 e. The second kappa shape index (κ2) is 11.0. The molecule has 1 N–H and O–H groups in total. The highest BCUT2D eigenvalue weighted by Gasteiger charge is 2.05. The Morgan fingerprint density at radius 1 is 1.13 bits per heavy atom. The summed E-state index contributed by atoms with van der Waals surface area (Å²) in [4.78, 5) is 14.9. The van der Waals surface area contributed by atoms with Crippen molar-refractivity contribution in [3.63, 3.8) is 0 Å². The van der Waals surface area contributed by atoms with Gasteiger partial charge in [-0.05, 0) is 72.5 Å². The van der Waals surface area contributed by atoms with Crippen LogP contribution in [0.1, 0.15) is 16.8 Å². The van der Waals surface area contributed by atoms with E-state index in [0.29, 0.717) is 23.8 Å². The number of carbonyl (C=O) groups is 1. The van der Waals surface area contributed by atoms with Gasteiger partial charge in [0.2, 0.25) is 0 Å². The lowest BCUT2D eigenvalue weighted by Crippen LogP contribution is -2.10. The summed E-state index contributed by atoms with van der Waals surface area (Å²) in [5, 5.41) is 8.74. The molecule has 0 unspecified atom stereocenters. The zero-order chi connectivity index (χ0) is 22.1. The van der Waals surface area contributed by atoms with Crippen molar-refractivity contribution in [1.82, 2.24) is 4.98 Å². The molecule has 156 valence electrons. The van der Waals surface area contributed by atoms with Crippen molar-refractivity contribution in [2.45, 2.75) is 6.92 Å². The summed E-state index contributed by atoms with van der Waals surface area (Å²) in [5.41, 5.74) is 3.30.